The number of nitrogens with zero attached hydrogens (tertiary/aromatic N) is 1. The van der Waals surface area contributed by atoms with Gasteiger partial charge in [-0.3, -0.25) is 0 Å². The number of methoxy groups -OCH3 is 1. The maximum atomic E-state index is 13.4. The minimum Gasteiger partial charge on any atom is -0.508 e. The quantitative estimate of drug-likeness (QED) is 0.679. The molecule has 0 saturated heterocycles. The lowest BCUT2D eigenvalue weighted by Gasteiger charge is -2.39. The first kappa shape index (κ1) is 18.4. The third kappa shape index (κ3) is 3.55. The molecule has 1 N–H and O–H groups in total. The van der Waals surface area contributed by atoms with E-state index in [0.29, 0.717) is 5.75 Å². The van der Waals surface area contributed by atoms with Crippen molar-refractivity contribution in [2.75, 3.05) is 18.6 Å². The van der Waals surface area contributed by atoms with Gasteiger partial charge >= 0.3 is 0 Å². The Morgan fingerprint density at radius 2 is 1.86 bits per heavy atom. The van der Waals surface area contributed by atoms with Crippen LogP contribution in [0.4, 0.5) is 10.1 Å². The van der Waals surface area contributed by atoms with E-state index in [1.165, 1.54) is 23.3 Å². The largest absolute Gasteiger partial charge is 0.508 e. The number of fused-ring (bicyclic) bond motifs is 1. The fourth-order valence-electron chi connectivity index (χ4n) is 4.04. The molecule has 0 bridgehead atoms. The number of phenolic OH excluding ortho intramolecular Hbond substituents is 1. The van der Waals surface area contributed by atoms with Crippen molar-refractivity contribution >= 4 is 5.69 Å². The maximum Gasteiger partial charge on any atom is 0.123 e. The molecule has 4 rings (SSSR count). The topological polar surface area (TPSA) is 32.7 Å². The van der Waals surface area contributed by atoms with Gasteiger partial charge < -0.3 is 14.7 Å². The molecular weight excluding hydrogens is 353 g/mol. The van der Waals surface area contributed by atoms with Crippen LogP contribution < -0.4 is 9.64 Å². The molecule has 1 heterocycles. The summed E-state index contributed by atoms with van der Waals surface area (Å²) in [5.41, 5.74) is 5.61. The molecule has 144 valence electrons. The molecule has 28 heavy (non-hydrogen) atoms. The second kappa shape index (κ2) is 7.55. The van der Waals surface area contributed by atoms with Crippen molar-refractivity contribution in [1.82, 2.24) is 0 Å². The molecule has 1 aliphatic heterocycles. The van der Waals surface area contributed by atoms with Gasteiger partial charge in [-0.2, -0.15) is 0 Å². The Bertz CT molecular complexity index is 984. The molecule has 0 radical (unpaired) electrons. The number of aryl methyl sites for hydroxylation is 1. The van der Waals surface area contributed by atoms with Crippen LogP contribution >= 0.6 is 0 Å². The SMILES string of the molecule is COc1ccc2c(c1)CCN(c1ccc(F)cc1)C2Cc1ccc(O)c(C)c1. The van der Waals surface area contributed by atoms with Gasteiger partial charge in [-0.25, -0.2) is 4.39 Å². The van der Waals surface area contributed by atoms with E-state index in [1.54, 1.807) is 13.2 Å². The molecule has 0 aromatic heterocycles. The van der Waals surface area contributed by atoms with Gasteiger partial charge in [0, 0.05) is 12.2 Å². The number of ether oxygens (including phenoxy) is 1. The van der Waals surface area contributed by atoms with Gasteiger partial charge in [-0.1, -0.05) is 18.2 Å². The summed E-state index contributed by atoms with van der Waals surface area (Å²) < 4.78 is 18.9. The van der Waals surface area contributed by atoms with Crippen LogP contribution in [0.1, 0.15) is 28.3 Å². The van der Waals surface area contributed by atoms with Crippen LogP contribution in [0.15, 0.2) is 60.7 Å². The predicted octanol–water partition coefficient (Wildman–Crippen LogP) is 5.19. The number of hydrogen-bond acceptors (Lipinski definition) is 3. The lowest BCUT2D eigenvalue weighted by atomic mass is 9.87. The minimum absolute atomic E-state index is 0.129. The summed E-state index contributed by atoms with van der Waals surface area (Å²) in [7, 11) is 1.69. The summed E-state index contributed by atoms with van der Waals surface area (Å²) in [6.07, 6.45) is 1.72. The Kier molecular flexibility index (Phi) is 4.95. The summed E-state index contributed by atoms with van der Waals surface area (Å²) in [6, 6.07) is 18.9. The number of hydrogen-bond donors (Lipinski definition) is 1. The second-order valence-corrected chi connectivity index (χ2v) is 7.33. The van der Waals surface area contributed by atoms with E-state index in [1.807, 2.05) is 37.3 Å². The molecular formula is C24H24FNO2. The summed E-state index contributed by atoms with van der Waals surface area (Å²) in [5.74, 6) is 0.956. The zero-order chi connectivity index (χ0) is 19.7. The van der Waals surface area contributed by atoms with Crippen molar-refractivity contribution in [3.63, 3.8) is 0 Å². The van der Waals surface area contributed by atoms with E-state index < -0.39 is 0 Å². The van der Waals surface area contributed by atoms with E-state index in [4.69, 9.17) is 4.74 Å². The molecule has 1 aliphatic rings. The zero-order valence-corrected chi connectivity index (χ0v) is 16.2. The van der Waals surface area contributed by atoms with Crippen LogP contribution in [-0.4, -0.2) is 18.8 Å². The van der Waals surface area contributed by atoms with Crippen molar-refractivity contribution in [1.29, 1.82) is 0 Å². The minimum atomic E-state index is -0.225. The number of aromatic hydroxyl groups is 1. The van der Waals surface area contributed by atoms with Crippen LogP contribution in [-0.2, 0) is 12.8 Å². The molecule has 1 atom stereocenters. The first-order valence-electron chi connectivity index (χ1n) is 9.52. The van der Waals surface area contributed by atoms with Gasteiger partial charge in [0.25, 0.3) is 0 Å². The molecule has 0 amide bonds. The molecule has 4 heteroatoms. The Morgan fingerprint density at radius 3 is 2.57 bits per heavy atom. The van der Waals surface area contributed by atoms with Gasteiger partial charge in [-0.15, -0.1) is 0 Å². The summed E-state index contributed by atoms with van der Waals surface area (Å²) in [4.78, 5) is 2.34. The zero-order valence-electron chi connectivity index (χ0n) is 16.2. The van der Waals surface area contributed by atoms with Crippen molar-refractivity contribution in [3.05, 3.63) is 88.7 Å². The highest BCUT2D eigenvalue weighted by Crippen LogP contribution is 2.38. The van der Waals surface area contributed by atoms with Crippen LogP contribution in [0.5, 0.6) is 11.5 Å². The van der Waals surface area contributed by atoms with Gasteiger partial charge in [0.05, 0.1) is 13.2 Å². The van der Waals surface area contributed by atoms with Gasteiger partial charge in [0.15, 0.2) is 0 Å². The van der Waals surface area contributed by atoms with Crippen molar-refractivity contribution in [2.24, 2.45) is 0 Å². The third-order valence-electron chi connectivity index (χ3n) is 5.56. The highest BCUT2D eigenvalue weighted by atomic mass is 19.1. The molecule has 1 unspecified atom stereocenters. The van der Waals surface area contributed by atoms with E-state index >= 15 is 0 Å². The van der Waals surface area contributed by atoms with Crippen molar-refractivity contribution in [3.8, 4) is 11.5 Å². The predicted molar refractivity (Wildman–Crippen MR) is 110 cm³/mol. The van der Waals surface area contributed by atoms with Crippen LogP contribution in [0.25, 0.3) is 0 Å². The summed E-state index contributed by atoms with van der Waals surface area (Å²) in [5, 5.41) is 9.86. The number of phenols is 1. The first-order chi connectivity index (χ1) is 13.5. The molecule has 3 aromatic carbocycles. The average Bonchev–Trinajstić information content (AvgIpc) is 2.71. The number of benzene rings is 3. The van der Waals surface area contributed by atoms with Gasteiger partial charge in [-0.05, 0) is 84.5 Å². The number of halogens is 1. The van der Waals surface area contributed by atoms with E-state index in [2.05, 4.69) is 17.0 Å². The van der Waals surface area contributed by atoms with Crippen molar-refractivity contribution in [2.45, 2.75) is 25.8 Å². The maximum absolute atomic E-state index is 13.4. The van der Waals surface area contributed by atoms with Crippen LogP contribution in [0.3, 0.4) is 0 Å². The van der Waals surface area contributed by atoms with E-state index in [9.17, 15) is 9.50 Å². The lowest BCUT2D eigenvalue weighted by Crippen LogP contribution is -2.36. The van der Waals surface area contributed by atoms with E-state index in [-0.39, 0.29) is 11.9 Å². The molecule has 0 saturated carbocycles. The van der Waals surface area contributed by atoms with Gasteiger partial charge in [0.1, 0.15) is 17.3 Å². The highest BCUT2D eigenvalue weighted by Gasteiger charge is 2.28. The lowest BCUT2D eigenvalue weighted by molar-refractivity contribution is 0.413. The highest BCUT2D eigenvalue weighted by molar-refractivity contribution is 5.54. The molecule has 3 nitrogen and oxygen atoms in total. The Balaban J connectivity index is 1.75. The Morgan fingerprint density at radius 1 is 1.07 bits per heavy atom. The molecule has 0 aliphatic carbocycles. The fraction of sp³-hybridized carbons (Fsp3) is 0.250. The van der Waals surface area contributed by atoms with Crippen LogP contribution in [0, 0.1) is 12.7 Å². The summed E-state index contributed by atoms with van der Waals surface area (Å²) >= 11 is 0. The molecule has 0 spiro atoms. The Labute approximate surface area is 165 Å². The first-order valence-corrected chi connectivity index (χ1v) is 9.52. The normalized spacial score (nSPS) is 16.0. The van der Waals surface area contributed by atoms with Crippen molar-refractivity contribution < 1.29 is 14.2 Å². The fourth-order valence-corrected chi connectivity index (χ4v) is 4.04. The summed E-state index contributed by atoms with van der Waals surface area (Å²) in [6.45, 7) is 2.77. The Hall–Kier alpha value is -3.01. The second-order valence-electron chi connectivity index (χ2n) is 7.33. The molecule has 3 aromatic rings. The van der Waals surface area contributed by atoms with E-state index in [0.717, 1.165) is 42.0 Å². The van der Waals surface area contributed by atoms with Gasteiger partial charge in [0.2, 0.25) is 0 Å². The third-order valence-corrected chi connectivity index (χ3v) is 5.56. The smallest absolute Gasteiger partial charge is 0.123 e. The molecule has 0 fully saturated rings. The van der Waals surface area contributed by atoms with Crippen LogP contribution in [0.2, 0.25) is 0 Å². The monoisotopic (exact) mass is 377 g/mol. The average molecular weight is 377 g/mol. The number of anilines is 1. The standard InChI is InChI=1S/C24H24FNO2/c1-16-13-17(3-10-24(16)27)14-23-22-9-8-21(28-2)15-18(22)11-12-26(23)20-6-4-19(25)5-7-20/h3-10,13,15,23,27H,11-12,14H2,1-2H3. The number of rotatable bonds is 4.